The number of hydrogen-bond donors (Lipinski definition) is 1. The van der Waals surface area contributed by atoms with E-state index < -0.39 is 5.97 Å². The Morgan fingerprint density at radius 3 is 2.37 bits per heavy atom. The standard InChI is InChI=1S/C26H23ClN4O3S/c1-2-34-25(33)19-8-12-21(13-9-19)28-24(32)17-35-26-30-29-23(16-18-6-4-3-5-7-18)31(26)22-14-10-20(27)11-15-22/h3-15H,2,16-17H2,1H3,(H,28,32). The van der Waals surface area contributed by atoms with E-state index >= 15 is 0 Å². The minimum absolute atomic E-state index is 0.136. The number of aromatic nitrogens is 3. The largest absolute Gasteiger partial charge is 0.462 e. The topological polar surface area (TPSA) is 86.1 Å². The van der Waals surface area contributed by atoms with Gasteiger partial charge < -0.3 is 10.1 Å². The first kappa shape index (κ1) is 24.5. The van der Waals surface area contributed by atoms with Crippen molar-refractivity contribution in [3.8, 4) is 5.69 Å². The molecule has 3 aromatic carbocycles. The summed E-state index contributed by atoms with van der Waals surface area (Å²) in [7, 11) is 0. The van der Waals surface area contributed by atoms with E-state index in [-0.39, 0.29) is 11.7 Å². The number of hydrogen-bond acceptors (Lipinski definition) is 6. The number of anilines is 1. The normalized spacial score (nSPS) is 10.7. The number of esters is 1. The highest BCUT2D eigenvalue weighted by Crippen LogP contribution is 2.25. The molecule has 4 rings (SSSR count). The average Bonchev–Trinajstić information content (AvgIpc) is 3.26. The van der Waals surface area contributed by atoms with E-state index in [2.05, 4.69) is 15.5 Å². The van der Waals surface area contributed by atoms with E-state index in [1.807, 2.05) is 59.2 Å². The number of carbonyl (C=O) groups excluding carboxylic acids is 2. The van der Waals surface area contributed by atoms with Gasteiger partial charge in [-0.15, -0.1) is 10.2 Å². The molecular formula is C26H23ClN4O3S. The zero-order valence-electron chi connectivity index (χ0n) is 19.0. The van der Waals surface area contributed by atoms with Gasteiger partial charge in [-0.3, -0.25) is 9.36 Å². The van der Waals surface area contributed by atoms with E-state index in [0.717, 1.165) is 17.1 Å². The Kier molecular flexibility index (Phi) is 8.18. The number of rotatable bonds is 9. The van der Waals surface area contributed by atoms with Crippen LogP contribution in [-0.2, 0) is 16.0 Å². The summed E-state index contributed by atoms with van der Waals surface area (Å²) in [4.78, 5) is 24.4. The molecule has 178 valence electrons. The maximum Gasteiger partial charge on any atom is 0.338 e. The molecule has 0 bridgehead atoms. The lowest BCUT2D eigenvalue weighted by Crippen LogP contribution is -2.15. The van der Waals surface area contributed by atoms with Crippen LogP contribution < -0.4 is 5.32 Å². The molecule has 1 amide bonds. The van der Waals surface area contributed by atoms with Crippen LogP contribution in [0, 0.1) is 0 Å². The number of carbonyl (C=O) groups is 2. The zero-order chi connectivity index (χ0) is 24.6. The van der Waals surface area contributed by atoms with Gasteiger partial charge in [-0.05, 0) is 61.0 Å². The highest BCUT2D eigenvalue weighted by molar-refractivity contribution is 7.99. The van der Waals surface area contributed by atoms with Crippen LogP contribution in [0.2, 0.25) is 5.02 Å². The van der Waals surface area contributed by atoms with Crippen LogP contribution >= 0.6 is 23.4 Å². The van der Waals surface area contributed by atoms with Crippen LogP contribution in [0.15, 0.2) is 84.0 Å². The SMILES string of the molecule is CCOC(=O)c1ccc(NC(=O)CSc2nnc(Cc3ccccc3)n2-c2ccc(Cl)cc2)cc1. The van der Waals surface area contributed by atoms with Gasteiger partial charge in [-0.2, -0.15) is 0 Å². The van der Waals surface area contributed by atoms with Crippen LogP contribution in [0.3, 0.4) is 0 Å². The van der Waals surface area contributed by atoms with Crippen LogP contribution in [-0.4, -0.2) is 39.0 Å². The van der Waals surface area contributed by atoms with Crippen molar-refractivity contribution in [3.63, 3.8) is 0 Å². The Morgan fingerprint density at radius 2 is 1.69 bits per heavy atom. The molecule has 0 aliphatic carbocycles. The van der Waals surface area contributed by atoms with Gasteiger partial charge >= 0.3 is 5.97 Å². The first-order valence-electron chi connectivity index (χ1n) is 11.0. The highest BCUT2D eigenvalue weighted by atomic mass is 35.5. The lowest BCUT2D eigenvalue weighted by atomic mass is 10.1. The summed E-state index contributed by atoms with van der Waals surface area (Å²) in [5.74, 6) is 0.301. The lowest BCUT2D eigenvalue weighted by Gasteiger charge is -2.11. The molecule has 0 unspecified atom stereocenters. The fraction of sp³-hybridized carbons (Fsp3) is 0.154. The Morgan fingerprint density at radius 1 is 0.971 bits per heavy atom. The summed E-state index contributed by atoms with van der Waals surface area (Å²) in [5.41, 5.74) is 2.99. The van der Waals surface area contributed by atoms with Gasteiger partial charge in [0.1, 0.15) is 5.82 Å². The van der Waals surface area contributed by atoms with Crippen molar-refractivity contribution >= 4 is 40.9 Å². The molecule has 4 aromatic rings. The molecule has 0 fully saturated rings. The first-order chi connectivity index (χ1) is 17.0. The predicted molar refractivity (Wildman–Crippen MR) is 137 cm³/mol. The van der Waals surface area contributed by atoms with E-state index in [1.165, 1.54) is 11.8 Å². The van der Waals surface area contributed by atoms with Gasteiger partial charge in [0, 0.05) is 22.8 Å². The maximum atomic E-state index is 12.6. The van der Waals surface area contributed by atoms with Crippen molar-refractivity contribution in [1.82, 2.24) is 14.8 Å². The molecule has 9 heteroatoms. The molecule has 0 spiro atoms. The third kappa shape index (κ3) is 6.49. The average molecular weight is 507 g/mol. The first-order valence-corrected chi connectivity index (χ1v) is 12.3. The van der Waals surface area contributed by atoms with Crippen LogP contribution in [0.5, 0.6) is 0 Å². The number of thioether (sulfide) groups is 1. The third-order valence-corrected chi connectivity index (χ3v) is 6.18. The second kappa shape index (κ2) is 11.7. The summed E-state index contributed by atoms with van der Waals surface area (Å²) >= 11 is 7.37. The minimum Gasteiger partial charge on any atom is -0.462 e. The number of halogens is 1. The second-order valence-electron chi connectivity index (χ2n) is 7.51. The summed E-state index contributed by atoms with van der Waals surface area (Å²) in [6.07, 6.45) is 0.593. The minimum atomic E-state index is -0.395. The van der Waals surface area contributed by atoms with Crippen molar-refractivity contribution in [2.45, 2.75) is 18.5 Å². The predicted octanol–water partition coefficient (Wildman–Crippen LogP) is 5.42. The third-order valence-electron chi connectivity index (χ3n) is 5.00. The quantitative estimate of drug-likeness (QED) is 0.241. The zero-order valence-corrected chi connectivity index (χ0v) is 20.6. The van der Waals surface area contributed by atoms with E-state index in [9.17, 15) is 9.59 Å². The van der Waals surface area contributed by atoms with Crippen LogP contribution in [0.1, 0.15) is 28.7 Å². The molecule has 0 saturated heterocycles. The number of nitrogens with one attached hydrogen (secondary N) is 1. The van der Waals surface area contributed by atoms with E-state index in [1.54, 1.807) is 31.2 Å². The van der Waals surface area contributed by atoms with Gasteiger partial charge in [0.25, 0.3) is 0 Å². The molecule has 0 aliphatic rings. The van der Waals surface area contributed by atoms with Crippen molar-refractivity contribution < 1.29 is 14.3 Å². The molecule has 7 nitrogen and oxygen atoms in total. The molecule has 1 N–H and O–H groups in total. The van der Waals surface area contributed by atoms with Crippen molar-refractivity contribution in [3.05, 3.63) is 101 Å². The molecule has 35 heavy (non-hydrogen) atoms. The van der Waals surface area contributed by atoms with E-state index in [4.69, 9.17) is 16.3 Å². The van der Waals surface area contributed by atoms with Crippen LogP contribution in [0.25, 0.3) is 5.69 Å². The molecule has 0 aliphatic heterocycles. The monoisotopic (exact) mass is 506 g/mol. The maximum absolute atomic E-state index is 12.6. The summed E-state index contributed by atoms with van der Waals surface area (Å²) in [6.45, 7) is 2.06. The molecular weight excluding hydrogens is 484 g/mol. The number of amides is 1. The number of benzene rings is 3. The Labute approximate surface area is 212 Å². The number of nitrogens with zero attached hydrogens (tertiary/aromatic N) is 3. The Balaban J connectivity index is 1.47. The summed E-state index contributed by atoms with van der Waals surface area (Å²) < 4.78 is 6.92. The summed E-state index contributed by atoms with van der Waals surface area (Å²) in [6, 6.07) is 24.0. The molecule has 0 saturated carbocycles. The van der Waals surface area contributed by atoms with Crippen molar-refractivity contribution in [1.29, 1.82) is 0 Å². The molecule has 1 aromatic heterocycles. The molecule has 0 atom stereocenters. The van der Waals surface area contributed by atoms with Gasteiger partial charge in [-0.25, -0.2) is 4.79 Å². The van der Waals surface area contributed by atoms with Gasteiger partial charge in [0.05, 0.1) is 17.9 Å². The molecule has 0 radical (unpaired) electrons. The Bertz CT molecular complexity index is 1290. The fourth-order valence-electron chi connectivity index (χ4n) is 3.37. The Hall–Kier alpha value is -3.62. The van der Waals surface area contributed by atoms with Crippen LogP contribution in [0.4, 0.5) is 5.69 Å². The van der Waals surface area contributed by atoms with Crippen molar-refractivity contribution in [2.24, 2.45) is 0 Å². The number of ether oxygens (including phenoxy) is 1. The van der Waals surface area contributed by atoms with Gasteiger partial charge in [0.2, 0.25) is 5.91 Å². The lowest BCUT2D eigenvalue weighted by molar-refractivity contribution is -0.113. The van der Waals surface area contributed by atoms with E-state index in [0.29, 0.717) is 34.5 Å². The highest BCUT2D eigenvalue weighted by Gasteiger charge is 2.17. The second-order valence-corrected chi connectivity index (χ2v) is 8.89. The van der Waals surface area contributed by atoms with Gasteiger partial charge in [0.15, 0.2) is 5.16 Å². The van der Waals surface area contributed by atoms with Gasteiger partial charge in [-0.1, -0.05) is 53.7 Å². The smallest absolute Gasteiger partial charge is 0.338 e. The van der Waals surface area contributed by atoms with Crippen molar-refractivity contribution in [2.75, 3.05) is 17.7 Å². The molecule has 1 heterocycles. The summed E-state index contributed by atoms with van der Waals surface area (Å²) in [5, 5.41) is 12.8. The fourth-order valence-corrected chi connectivity index (χ4v) is 4.26.